The molecule has 2 aliphatic rings. The largest absolute Gasteiger partial charge is 0.378 e. The van der Waals surface area contributed by atoms with Crippen molar-refractivity contribution in [3.8, 4) is 0 Å². The zero-order chi connectivity index (χ0) is 20.6. The van der Waals surface area contributed by atoms with E-state index in [1.165, 1.54) is 25.9 Å². The molecule has 2 saturated heterocycles. The summed E-state index contributed by atoms with van der Waals surface area (Å²) in [6.45, 7) is 12.9. The van der Waals surface area contributed by atoms with Gasteiger partial charge in [-0.3, -0.25) is 4.99 Å². The molecule has 0 saturated carbocycles. The number of nitrogens with one attached hydrogen (secondary N) is 1. The average Bonchev–Trinajstić information content (AvgIpc) is 2.65. The topological polar surface area (TPSA) is 77.5 Å². The van der Waals surface area contributed by atoms with Crippen LogP contribution in [0.25, 0.3) is 0 Å². The molecule has 9 heteroatoms. The van der Waals surface area contributed by atoms with E-state index < -0.39 is 10.0 Å². The van der Waals surface area contributed by atoms with Crippen molar-refractivity contribution in [2.45, 2.75) is 39.7 Å². The van der Waals surface area contributed by atoms with Crippen LogP contribution in [0.4, 0.5) is 0 Å². The first-order valence-electron chi connectivity index (χ1n) is 10.6. The quantitative estimate of drug-likeness (QED) is 0.462. The molecule has 1 atom stereocenters. The molecule has 8 nitrogen and oxygen atoms in total. The lowest BCUT2D eigenvalue weighted by Crippen LogP contribution is -2.54. The highest BCUT2D eigenvalue weighted by molar-refractivity contribution is 7.89. The average molecular weight is 418 g/mol. The maximum absolute atomic E-state index is 12.5. The molecule has 0 aromatic heterocycles. The molecule has 28 heavy (non-hydrogen) atoms. The van der Waals surface area contributed by atoms with E-state index in [1.807, 2.05) is 13.8 Å². The van der Waals surface area contributed by atoms with Crippen molar-refractivity contribution in [2.75, 3.05) is 71.8 Å². The molecule has 2 heterocycles. The van der Waals surface area contributed by atoms with Crippen LogP contribution in [-0.2, 0) is 14.8 Å². The summed E-state index contributed by atoms with van der Waals surface area (Å²) in [6, 6.07) is 0. The Hall–Kier alpha value is -0.900. The predicted octanol–water partition coefficient (Wildman–Crippen LogP) is 0.666. The van der Waals surface area contributed by atoms with Gasteiger partial charge in [-0.15, -0.1) is 0 Å². The number of rotatable bonds is 8. The third kappa shape index (κ3) is 7.50. The van der Waals surface area contributed by atoms with E-state index in [9.17, 15) is 8.42 Å². The van der Waals surface area contributed by atoms with Gasteiger partial charge in [-0.1, -0.05) is 6.92 Å². The van der Waals surface area contributed by atoms with Crippen LogP contribution in [0.15, 0.2) is 4.99 Å². The zero-order valence-corrected chi connectivity index (χ0v) is 18.9. The van der Waals surface area contributed by atoms with Gasteiger partial charge in [0.05, 0.1) is 18.5 Å². The fourth-order valence-electron chi connectivity index (χ4n) is 3.84. The molecule has 2 rings (SSSR count). The Labute approximate surface area is 171 Å². The van der Waals surface area contributed by atoms with Crippen LogP contribution in [0.3, 0.4) is 0 Å². The number of guanidine groups is 1. The zero-order valence-electron chi connectivity index (χ0n) is 18.1. The van der Waals surface area contributed by atoms with E-state index in [0.29, 0.717) is 26.2 Å². The lowest BCUT2D eigenvalue weighted by Gasteiger charge is -2.36. The number of aliphatic imine (C=N–C) groups is 1. The Balaban J connectivity index is 1.72. The van der Waals surface area contributed by atoms with Crippen molar-refractivity contribution < 1.29 is 13.2 Å². The van der Waals surface area contributed by atoms with Gasteiger partial charge >= 0.3 is 0 Å². The maximum atomic E-state index is 12.5. The normalized spacial score (nSPS) is 23.4. The number of likely N-dealkylation sites (tertiary alicyclic amines) is 1. The van der Waals surface area contributed by atoms with Gasteiger partial charge in [0.25, 0.3) is 0 Å². The first-order valence-corrected chi connectivity index (χ1v) is 12.2. The highest BCUT2D eigenvalue weighted by atomic mass is 32.2. The van der Waals surface area contributed by atoms with Crippen LogP contribution >= 0.6 is 0 Å². The molecular formula is C19H39N5O3S. The summed E-state index contributed by atoms with van der Waals surface area (Å²) in [5.41, 5.74) is 0. The van der Waals surface area contributed by atoms with Gasteiger partial charge in [0.2, 0.25) is 10.0 Å². The Kier molecular flexibility index (Phi) is 9.46. The Morgan fingerprint density at radius 2 is 1.93 bits per heavy atom. The number of hydrogen-bond acceptors (Lipinski definition) is 5. The van der Waals surface area contributed by atoms with E-state index in [0.717, 1.165) is 25.0 Å². The number of piperidine rings is 1. The number of hydrogen-bond donors (Lipinski definition) is 1. The van der Waals surface area contributed by atoms with Crippen LogP contribution < -0.4 is 5.32 Å². The van der Waals surface area contributed by atoms with E-state index in [1.54, 1.807) is 11.4 Å². The Morgan fingerprint density at radius 1 is 1.21 bits per heavy atom. The minimum atomic E-state index is -3.26. The third-order valence-corrected chi connectivity index (χ3v) is 7.22. The summed E-state index contributed by atoms with van der Waals surface area (Å²) in [4.78, 5) is 9.05. The molecule has 1 unspecified atom stereocenters. The van der Waals surface area contributed by atoms with E-state index in [2.05, 4.69) is 27.0 Å². The number of nitrogens with zero attached hydrogens (tertiary/aromatic N) is 4. The summed E-state index contributed by atoms with van der Waals surface area (Å²) < 4.78 is 31.9. The van der Waals surface area contributed by atoms with Crippen molar-refractivity contribution in [3.63, 3.8) is 0 Å². The standard InChI is InChI=1S/C19H39N5O3S/c1-17(2)27-14-15-28(25,26)24-12-10-23(11-13-24)19(20-4)21-7-9-22-8-5-6-18(3)16-22/h17-18H,5-16H2,1-4H3,(H,20,21). The SMILES string of the molecule is CN=C(NCCN1CCCC(C)C1)N1CCN(S(=O)(=O)CCOC(C)C)CC1. The molecule has 0 aliphatic carbocycles. The van der Waals surface area contributed by atoms with Gasteiger partial charge in [-0.25, -0.2) is 8.42 Å². The molecule has 1 N–H and O–H groups in total. The van der Waals surface area contributed by atoms with Crippen molar-refractivity contribution >= 4 is 16.0 Å². The van der Waals surface area contributed by atoms with Crippen molar-refractivity contribution in [1.82, 2.24) is 19.4 Å². The highest BCUT2D eigenvalue weighted by Crippen LogP contribution is 2.14. The fraction of sp³-hybridized carbons (Fsp3) is 0.947. The molecular weight excluding hydrogens is 378 g/mol. The molecule has 0 bridgehead atoms. The monoisotopic (exact) mass is 417 g/mol. The lowest BCUT2D eigenvalue weighted by atomic mass is 10.0. The van der Waals surface area contributed by atoms with Gasteiger partial charge in [-0.2, -0.15) is 4.31 Å². The highest BCUT2D eigenvalue weighted by Gasteiger charge is 2.28. The van der Waals surface area contributed by atoms with Crippen LogP contribution in [0, 0.1) is 5.92 Å². The second kappa shape index (κ2) is 11.3. The summed E-state index contributed by atoms with van der Waals surface area (Å²) in [6.07, 6.45) is 2.67. The molecule has 0 radical (unpaired) electrons. The smallest absolute Gasteiger partial charge is 0.216 e. The van der Waals surface area contributed by atoms with Crippen molar-refractivity contribution in [2.24, 2.45) is 10.9 Å². The van der Waals surface area contributed by atoms with Gasteiger partial charge in [-0.05, 0) is 39.2 Å². The second-order valence-electron chi connectivity index (χ2n) is 8.14. The van der Waals surface area contributed by atoms with Gasteiger partial charge in [0.15, 0.2) is 5.96 Å². The van der Waals surface area contributed by atoms with E-state index >= 15 is 0 Å². The molecule has 0 aromatic carbocycles. The van der Waals surface area contributed by atoms with Crippen LogP contribution in [0.5, 0.6) is 0 Å². The minimum Gasteiger partial charge on any atom is -0.378 e. The van der Waals surface area contributed by atoms with Crippen LogP contribution in [-0.4, -0.2) is 106 Å². The van der Waals surface area contributed by atoms with Crippen LogP contribution in [0.1, 0.15) is 33.6 Å². The fourth-order valence-corrected chi connectivity index (χ4v) is 5.13. The number of sulfonamides is 1. The van der Waals surface area contributed by atoms with Gasteiger partial charge in [0, 0.05) is 52.9 Å². The summed E-state index contributed by atoms with van der Waals surface area (Å²) in [7, 11) is -1.47. The van der Waals surface area contributed by atoms with Gasteiger partial charge < -0.3 is 19.9 Å². The van der Waals surface area contributed by atoms with E-state index in [-0.39, 0.29) is 18.5 Å². The molecule has 164 valence electrons. The first kappa shape index (κ1) is 23.4. The maximum Gasteiger partial charge on any atom is 0.216 e. The summed E-state index contributed by atoms with van der Waals surface area (Å²) in [5, 5.41) is 3.45. The van der Waals surface area contributed by atoms with Crippen LogP contribution in [0.2, 0.25) is 0 Å². The second-order valence-corrected chi connectivity index (χ2v) is 10.2. The first-order chi connectivity index (χ1) is 13.3. The van der Waals surface area contributed by atoms with Crippen molar-refractivity contribution in [3.05, 3.63) is 0 Å². The number of piperazine rings is 1. The summed E-state index contributed by atoms with van der Waals surface area (Å²) >= 11 is 0. The molecule has 0 spiro atoms. The predicted molar refractivity (Wildman–Crippen MR) is 114 cm³/mol. The van der Waals surface area contributed by atoms with E-state index in [4.69, 9.17) is 4.74 Å². The molecule has 2 fully saturated rings. The Morgan fingerprint density at radius 3 is 2.54 bits per heavy atom. The van der Waals surface area contributed by atoms with Crippen molar-refractivity contribution in [1.29, 1.82) is 0 Å². The third-order valence-electron chi connectivity index (χ3n) is 5.39. The lowest BCUT2D eigenvalue weighted by molar-refractivity contribution is 0.0904. The Bertz CT molecular complexity index is 588. The molecule has 0 amide bonds. The summed E-state index contributed by atoms with van der Waals surface area (Å²) in [5.74, 6) is 1.70. The number of ether oxygens (including phenoxy) is 1. The molecule has 2 aliphatic heterocycles. The molecule has 0 aromatic rings. The minimum absolute atomic E-state index is 0.0480. The van der Waals surface area contributed by atoms with Gasteiger partial charge in [0.1, 0.15) is 0 Å².